The van der Waals surface area contributed by atoms with Crippen molar-refractivity contribution >= 4 is 12.2 Å². The fraction of sp³-hybridized carbons (Fsp3) is 0.935. The number of ether oxygens (including phenoxy) is 3. The van der Waals surface area contributed by atoms with Gasteiger partial charge in [-0.15, -0.1) is 0 Å². The second-order valence-corrected chi connectivity index (χ2v) is 11.6. The molecule has 1 rings (SSSR count). The molecule has 0 radical (unpaired) electrons. The highest BCUT2D eigenvalue weighted by Crippen LogP contribution is 2.26. The smallest absolute Gasteiger partial charge is 0.407 e. The Labute approximate surface area is 239 Å². The van der Waals surface area contributed by atoms with Crippen LogP contribution in [0.1, 0.15) is 129 Å². The van der Waals surface area contributed by atoms with Crippen LogP contribution < -0.4 is 10.6 Å². The van der Waals surface area contributed by atoms with Crippen molar-refractivity contribution in [3.8, 4) is 0 Å². The highest BCUT2D eigenvalue weighted by Gasteiger charge is 2.38. The first-order valence-corrected chi connectivity index (χ1v) is 16.1. The number of unbranched alkanes of at least 4 members (excludes halogenated alkanes) is 15. The van der Waals surface area contributed by atoms with Gasteiger partial charge in [0.15, 0.2) is 0 Å². The lowest BCUT2D eigenvalue weighted by atomic mass is 10.0. The molecule has 0 spiro atoms. The van der Waals surface area contributed by atoms with Gasteiger partial charge in [0.05, 0.1) is 0 Å². The van der Waals surface area contributed by atoms with Crippen molar-refractivity contribution < 1.29 is 23.8 Å². The molecule has 0 bridgehead atoms. The first-order chi connectivity index (χ1) is 19.0. The van der Waals surface area contributed by atoms with E-state index in [0.717, 1.165) is 32.2 Å². The van der Waals surface area contributed by atoms with Crippen LogP contribution in [0.25, 0.3) is 0 Å². The molecule has 0 aromatic heterocycles. The molecule has 8 heteroatoms. The average Bonchev–Trinajstić information content (AvgIpc) is 3.39. The van der Waals surface area contributed by atoms with Gasteiger partial charge in [-0.3, -0.25) is 0 Å². The van der Waals surface area contributed by atoms with Crippen LogP contribution in [0.15, 0.2) is 0 Å². The molecule has 8 nitrogen and oxygen atoms in total. The zero-order chi connectivity index (χ0) is 28.4. The van der Waals surface area contributed by atoms with Gasteiger partial charge in [0.25, 0.3) is 0 Å². The molecule has 0 aliphatic carbocycles. The molecule has 230 valence electrons. The number of amides is 2. The zero-order valence-corrected chi connectivity index (χ0v) is 25.7. The Morgan fingerprint density at radius 1 is 0.692 bits per heavy atom. The Balaban J connectivity index is 1.96. The lowest BCUT2D eigenvalue weighted by molar-refractivity contribution is -0.0770. The number of nitrogens with one attached hydrogen (secondary N) is 2. The van der Waals surface area contributed by atoms with Crippen molar-refractivity contribution in [1.29, 1.82) is 0 Å². The van der Waals surface area contributed by atoms with Crippen LogP contribution in [0.4, 0.5) is 9.59 Å². The fourth-order valence-electron chi connectivity index (χ4n) is 4.97. The third-order valence-corrected chi connectivity index (χ3v) is 7.47. The minimum atomic E-state index is -0.743. The summed E-state index contributed by atoms with van der Waals surface area (Å²) in [5.74, 6) is 0. The lowest BCUT2D eigenvalue weighted by Crippen LogP contribution is -2.43. The molecule has 1 fully saturated rings. The topological polar surface area (TPSA) is 89.1 Å². The average molecular weight is 556 g/mol. The minimum Gasteiger partial charge on any atom is -0.446 e. The predicted molar refractivity (Wildman–Crippen MR) is 159 cm³/mol. The monoisotopic (exact) mass is 555 g/mol. The third kappa shape index (κ3) is 21.0. The van der Waals surface area contributed by atoms with Crippen LogP contribution in [0.3, 0.4) is 0 Å². The van der Waals surface area contributed by atoms with Gasteiger partial charge in [-0.1, -0.05) is 103 Å². The van der Waals surface area contributed by atoms with E-state index in [0.29, 0.717) is 26.1 Å². The highest BCUT2D eigenvalue weighted by atomic mass is 16.6. The van der Waals surface area contributed by atoms with Crippen molar-refractivity contribution in [3.63, 3.8) is 0 Å². The third-order valence-electron chi connectivity index (χ3n) is 7.47. The standard InChI is InChI=1S/C31H61N3O5/c1-4-5-6-7-8-9-10-11-12-13-14-15-16-17-18-19-23-32-29(35)37-27-31(22-20-26-39-31)28-38-30(36)33-24-21-25-34(2)3/h4-28H2,1-3H3,(H,32,35)(H,33,36)/t31-/m0/s1. The SMILES string of the molecule is CCCCCCCCCCCCCCCCCCNC(=O)OC[C@]1(COC(=O)NCCCN(C)C)CCCO1. The Kier molecular flexibility index (Phi) is 22.1. The summed E-state index contributed by atoms with van der Waals surface area (Å²) in [4.78, 5) is 26.2. The maximum absolute atomic E-state index is 12.2. The van der Waals surface area contributed by atoms with E-state index in [1.807, 2.05) is 14.1 Å². The number of hydrogen-bond acceptors (Lipinski definition) is 6. The van der Waals surface area contributed by atoms with Crippen LogP contribution in [-0.4, -0.2) is 76.2 Å². The maximum Gasteiger partial charge on any atom is 0.407 e. The fourth-order valence-corrected chi connectivity index (χ4v) is 4.97. The van der Waals surface area contributed by atoms with E-state index in [2.05, 4.69) is 22.5 Å². The number of hydrogen-bond donors (Lipinski definition) is 2. The van der Waals surface area contributed by atoms with Crippen LogP contribution in [0.5, 0.6) is 0 Å². The van der Waals surface area contributed by atoms with E-state index in [9.17, 15) is 9.59 Å². The van der Waals surface area contributed by atoms with Crippen molar-refractivity contribution in [2.45, 2.75) is 135 Å². The molecule has 0 aromatic rings. The van der Waals surface area contributed by atoms with Gasteiger partial charge in [-0.05, 0) is 46.3 Å². The molecule has 0 unspecified atom stereocenters. The number of rotatable bonds is 25. The summed E-state index contributed by atoms with van der Waals surface area (Å²) in [5, 5.41) is 5.60. The van der Waals surface area contributed by atoms with Crippen LogP contribution in [-0.2, 0) is 14.2 Å². The van der Waals surface area contributed by atoms with E-state index in [-0.39, 0.29) is 13.2 Å². The first kappa shape index (κ1) is 35.5. The van der Waals surface area contributed by atoms with Gasteiger partial charge in [0.1, 0.15) is 18.8 Å². The Hall–Kier alpha value is -1.54. The Morgan fingerprint density at radius 3 is 1.54 bits per heavy atom. The van der Waals surface area contributed by atoms with Crippen molar-refractivity contribution in [1.82, 2.24) is 15.5 Å². The van der Waals surface area contributed by atoms with Gasteiger partial charge in [-0.25, -0.2) is 9.59 Å². The van der Waals surface area contributed by atoms with E-state index in [1.54, 1.807) is 0 Å². The zero-order valence-electron chi connectivity index (χ0n) is 25.7. The highest BCUT2D eigenvalue weighted by molar-refractivity contribution is 5.67. The lowest BCUT2D eigenvalue weighted by Gasteiger charge is -2.27. The minimum absolute atomic E-state index is 0.0823. The predicted octanol–water partition coefficient (Wildman–Crippen LogP) is 7.20. The van der Waals surface area contributed by atoms with E-state index in [4.69, 9.17) is 14.2 Å². The van der Waals surface area contributed by atoms with Crippen LogP contribution in [0.2, 0.25) is 0 Å². The molecule has 2 amide bonds. The molecular weight excluding hydrogens is 494 g/mol. The normalized spacial score (nSPS) is 16.9. The molecular formula is C31H61N3O5. The van der Waals surface area contributed by atoms with Gasteiger partial charge < -0.3 is 29.7 Å². The van der Waals surface area contributed by atoms with Crippen molar-refractivity contribution in [2.24, 2.45) is 0 Å². The number of nitrogens with zero attached hydrogens (tertiary/aromatic N) is 1. The summed E-state index contributed by atoms with van der Waals surface area (Å²) in [7, 11) is 3.99. The van der Waals surface area contributed by atoms with E-state index in [1.165, 1.54) is 89.9 Å². The summed E-state index contributed by atoms with van der Waals surface area (Å²) >= 11 is 0. The summed E-state index contributed by atoms with van der Waals surface area (Å²) in [6, 6.07) is 0. The van der Waals surface area contributed by atoms with Crippen LogP contribution >= 0.6 is 0 Å². The second kappa shape index (κ2) is 24.3. The van der Waals surface area contributed by atoms with Gasteiger partial charge in [-0.2, -0.15) is 0 Å². The molecule has 1 aliphatic rings. The molecule has 1 atom stereocenters. The number of carbonyl (C=O) groups excluding carboxylic acids is 2. The summed E-state index contributed by atoms with van der Waals surface area (Å²) < 4.78 is 16.6. The second-order valence-electron chi connectivity index (χ2n) is 11.6. The molecule has 1 aliphatic heterocycles. The molecule has 2 N–H and O–H groups in total. The summed E-state index contributed by atoms with van der Waals surface area (Å²) in [6.07, 6.45) is 22.8. The molecule has 1 heterocycles. The number of alkyl carbamates (subject to hydrolysis) is 2. The van der Waals surface area contributed by atoms with E-state index >= 15 is 0 Å². The quantitative estimate of drug-likeness (QED) is 0.116. The first-order valence-electron chi connectivity index (χ1n) is 16.1. The Bertz CT molecular complexity index is 597. The summed E-state index contributed by atoms with van der Waals surface area (Å²) in [5.41, 5.74) is -0.743. The molecule has 0 saturated carbocycles. The van der Waals surface area contributed by atoms with Gasteiger partial charge in [0.2, 0.25) is 0 Å². The molecule has 0 aromatic carbocycles. The van der Waals surface area contributed by atoms with E-state index < -0.39 is 17.8 Å². The van der Waals surface area contributed by atoms with Gasteiger partial charge >= 0.3 is 12.2 Å². The molecule has 39 heavy (non-hydrogen) atoms. The van der Waals surface area contributed by atoms with Gasteiger partial charge in [0, 0.05) is 19.7 Å². The summed E-state index contributed by atoms with van der Waals surface area (Å²) in [6.45, 7) is 5.11. The molecule has 1 saturated heterocycles. The van der Waals surface area contributed by atoms with Crippen molar-refractivity contribution in [3.05, 3.63) is 0 Å². The van der Waals surface area contributed by atoms with Crippen molar-refractivity contribution in [2.75, 3.05) is 53.6 Å². The Morgan fingerprint density at radius 2 is 1.13 bits per heavy atom. The largest absolute Gasteiger partial charge is 0.446 e. The number of carbonyl (C=O) groups is 2. The maximum atomic E-state index is 12.2. The van der Waals surface area contributed by atoms with Crippen LogP contribution in [0, 0.1) is 0 Å².